The summed E-state index contributed by atoms with van der Waals surface area (Å²) in [6.45, 7) is -2.05. The number of pyridine rings is 1. The van der Waals surface area contributed by atoms with Crippen LogP contribution >= 0.6 is 11.6 Å². The van der Waals surface area contributed by atoms with E-state index in [0.29, 0.717) is 17.9 Å². The molecule has 9 heteroatoms. The van der Waals surface area contributed by atoms with Crippen molar-refractivity contribution in [1.29, 1.82) is 0 Å². The van der Waals surface area contributed by atoms with Gasteiger partial charge in [-0.2, -0.15) is 15.0 Å². The molecule has 0 unspecified atom stereocenters. The third-order valence-corrected chi connectivity index (χ3v) is 4.55. The molecule has 1 aromatic carbocycles. The smallest absolute Gasteiger partial charge is 0.254 e. The first-order chi connectivity index (χ1) is 14.1. The number of nitrogens with zero attached hydrogens (tertiary/aromatic N) is 5. The molecule has 1 aliphatic heterocycles. The largest absolute Gasteiger partial charge is 0.366 e. The van der Waals surface area contributed by atoms with Crippen molar-refractivity contribution in [3.63, 3.8) is 0 Å². The minimum Gasteiger partial charge on any atom is -0.366 e. The van der Waals surface area contributed by atoms with Crippen molar-refractivity contribution >= 4 is 34.6 Å². The van der Waals surface area contributed by atoms with Crippen LogP contribution in [-0.4, -0.2) is 39.9 Å². The van der Waals surface area contributed by atoms with Crippen LogP contribution in [0.5, 0.6) is 0 Å². The zero-order chi connectivity index (χ0) is 21.6. The number of hydrogen-bond acceptors (Lipinski definition) is 6. The highest BCUT2D eigenvalue weighted by Crippen LogP contribution is 2.42. The number of rotatable bonds is 3. The Labute approximate surface area is 165 Å². The number of carbonyl (C=O) groups excluding carboxylic acids is 1. The maximum absolute atomic E-state index is 12.5. The topological polar surface area (TPSA) is 88.0 Å². The summed E-state index contributed by atoms with van der Waals surface area (Å²) in [5, 5.41) is 14.2. The molecular weight excluding hydrogens is 366 g/mol. The number of para-hydroxylation sites is 1. The Bertz CT molecular complexity index is 1150. The molecule has 138 valence electrons. The standard InChI is InChI=1S/C18H18ClN7O/c1-20-18(27)11-8-21-15(19)7-13(11)22-12-6-4-5-10-16-14(23-26(3)24-16)9-25(2)17(10)12/h4-8H,9H2,1-3H3,(H,20,27)(H,21,22)/i1D3. The van der Waals surface area contributed by atoms with E-state index in [1.807, 2.05) is 35.5 Å². The van der Waals surface area contributed by atoms with Gasteiger partial charge in [0, 0.05) is 36.9 Å². The molecule has 0 atom stereocenters. The fourth-order valence-corrected chi connectivity index (χ4v) is 3.40. The van der Waals surface area contributed by atoms with Gasteiger partial charge < -0.3 is 15.5 Å². The average Bonchev–Trinajstić information content (AvgIpc) is 3.00. The van der Waals surface area contributed by atoms with Crippen molar-refractivity contribution in [3.05, 3.63) is 46.9 Å². The van der Waals surface area contributed by atoms with Gasteiger partial charge in [0.2, 0.25) is 0 Å². The number of benzene rings is 1. The summed E-state index contributed by atoms with van der Waals surface area (Å²) >= 11 is 6.04. The van der Waals surface area contributed by atoms with Crippen LogP contribution in [-0.2, 0) is 13.6 Å². The normalized spacial score (nSPS) is 14.5. The highest BCUT2D eigenvalue weighted by molar-refractivity contribution is 6.29. The molecular formula is C18H18ClN7O. The maximum atomic E-state index is 12.5. The van der Waals surface area contributed by atoms with Crippen LogP contribution < -0.4 is 15.5 Å². The first kappa shape index (κ1) is 14.0. The quantitative estimate of drug-likeness (QED) is 0.673. The van der Waals surface area contributed by atoms with E-state index in [-0.39, 0.29) is 10.7 Å². The average molecular weight is 387 g/mol. The molecule has 3 aromatic rings. The van der Waals surface area contributed by atoms with Gasteiger partial charge in [0.15, 0.2) is 0 Å². The van der Waals surface area contributed by atoms with E-state index in [0.717, 1.165) is 22.6 Å². The fraction of sp³-hybridized carbons (Fsp3) is 0.222. The predicted molar refractivity (Wildman–Crippen MR) is 104 cm³/mol. The number of fused-ring (bicyclic) bond motifs is 3. The zero-order valence-corrected chi connectivity index (χ0v) is 15.4. The second-order valence-corrected chi connectivity index (χ2v) is 6.56. The van der Waals surface area contributed by atoms with Gasteiger partial charge in [0.25, 0.3) is 5.91 Å². The third-order valence-electron chi connectivity index (χ3n) is 4.34. The van der Waals surface area contributed by atoms with E-state index in [2.05, 4.69) is 20.5 Å². The highest BCUT2D eigenvalue weighted by Gasteiger charge is 2.26. The first-order valence-corrected chi connectivity index (χ1v) is 8.50. The van der Waals surface area contributed by atoms with Gasteiger partial charge >= 0.3 is 0 Å². The summed E-state index contributed by atoms with van der Waals surface area (Å²) < 4.78 is 21.8. The lowest BCUT2D eigenvalue weighted by Crippen LogP contribution is -2.23. The molecule has 2 aromatic heterocycles. The molecule has 1 amide bonds. The van der Waals surface area contributed by atoms with E-state index in [9.17, 15) is 4.79 Å². The van der Waals surface area contributed by atoms with Crippen LogP contribution in [0.1, 0.15) is 20.2 Å². The summed E-state index contributed by atoms with van der Waals surface area (Å²) in [4.78, 5) is 20.0. The SMILES string of the molecule is [2H]C([2H])([2H])NC(=O)c1cnc(Cl)cc1Nc1cccc2c1N(C)Cc1nn(C)nc1-2. The molecule has 3 heterocycles. The second-order valence-electron chi connectivity index (χ2n) is 6.17. The Morgan fingerprint density at radius 3 is 2.96 bits per heavy atom. The Balaban J connectivity index is 1.77. The number of amides is 1. The summed E-state index contributed by atoms with van der Waals surface area (Å²) in [5.74, 6) is -0.781. The van der Waals surface area contributed by atoms with Crippen LogP contribution in [0.25, 0.3) is 11.3 Å². The van der Waals surface area contributed by atoms with Gasteiger partial charge in [-0.25, -0.2) is 4.98 Å². The minimum atomic E-state index is -2.62. The predicted octanol–water partition coefficient (Wildman–Crippen LogP) is 2.58. The summed E-state index contributed by atoms with van der Waals surface area (Å²) in [7, 11) is 3.71. The van der Waals surface area contributed by atoms with E-state index >= 15 is 0 Å². The lowest BCUT2D eigenvalue weighted by Gasteiger charge is -2.29. The molecule has 8 nitrogen and oxygen atoms in total. The molecule has 0 bridgehead atoms. The van der Waals surface area contributed by atoms with Crippen LogP contribution in [0.15, 0.2) is 30.5 Å². The number of halogens is 1. The molecule has 27 heavy (non-hydrogen) atoms. The zero-order valence-electron chi connectivity index (χ0n) is 17.6. The van der Waals surface area contributed by atoms with Gasteiger partial charge in [-0.1, -0.05) is 23.7 Å². The lowest BCUT2D eigenvalue weighted by molar-refractivity contribution is 0.0963. The van der Waals surface area contributed by atoms with Crippen LogP contribution in [0.2, 0.25) is 5.15 Å². The van der Waals surface area contributed by atoms with E-state index < -0.39 is 12.9 Å². The van der Waals surface area contributed by atoms with E-state index in [1.165, 1.54) is 17.1 Å². The van der Waals surface area contributed by atoms with Crippen molar-refractivity contribution < 1.29 is 8.91 Å². The fourth-order valence-electron chi connectivity index (χ4n) is 3.24. The van der Waals surface area contributed by atoms with Gasteiger partial charge in [-0.3, -0.25) is 4.79 Å². The van der Waals surface area contributed by atoms with E-state index in [4.69, 9.17) is 15.7 Å². The van der Waals surface area contributed by atoms with Gasteiger partial charge in [0.05, 0.1) is 29.2 Å². The van der Waals surface area contributed by atoms with Crippen LogP contribution in [0.3, 0.4) is 0 Å². The molecule has 0 fully saturated rings. The Morgan fingerprint density at radius 1 is 1.30 bits per heavy atom. The molecule has 0 spiro atoms. The van der Waals surface area contributed by atoms with Crippen molar-refractivity contribution in [1.82, 2.24) is 25.3 Å². The van der Waals surface area contributed by atoms with Crippen LogP contribution in [0.4, 0.5) is 17.1 Å². The number of aryl methyl sites for hydroxylation is 1. The number of hydrogen-bond donors (Lipinski definition) is 2. The number of aromatic nitrogens is 4. The van der Waals surface area contributed by atoms with E-state index in [1.54, 1.807) is 7.05 Å². The third kappa shape index (κ3) is 2.97. The van der Waals surface area contributed by atoms with Crippen molar-refractivity contribution in [2.45, 2.75) is 6.54 Å². The molecule has 0 radical (unpaired) electrons. The Kier molecular flexibility index (Phi) is 3.39. The minimum absolute atomic E-state index is 0.0618. The molecule has 0 aliphatic carbocycles. The first-order valence-electron chi connectivity index (χ1n) is 9.62. The number of carbonyl (C=O) groups is 1. The van der Waals surface area contributed by atoms with Crippen molar-refractivity contribution in [2.75, 3.05) is 24.2 Å². The van der Waals surface area contributed by atoms with Gasteiger partial charge in [-0.15, -0.1) is 0 Å². The van der Waals surface area contributed by atoms with Crippen molar-refractivity contribution in [3.8, 4) is 11.3 Å². The maximum Gasteiger partial charge on any atom is 0.254 e. The lowest BCUT2D eigenvalue weighted by atomic mass is 10.0. The molecule has 0 saturated heterocycles. The number of nitrogens with one attached hydrogen (secondary N) is 2. The monoisotopic (exact) mass is 386 g/mol. The van der Waals surface area contributed by atoms with Gasteiger partial charge in [-0.05, 0) is 12.1 Å². The number of anilines is 3. The van der Waals surface area contributed by atoms with Crippen LogP contribution in [0, 0.1) is 0 Å². The molecule has 0 saturated carbocycles. The summed E-state index contributed by atoms with van der Waals surface area (Å²) in [6, 6.07) is 7.15. The van der Waals surface area contributed by atoms with Crippen molar-refractivity contribution in [2.24, 2.45) is 7.05 Å². The molecule has 2 N–H and O–H groups in total. The molecule has 1 aliphatic rings. The second kappa shape index (κ2) is 6.55. The Morgan fingerprint density at radius 2 is 2.15 bits per heavy atom. The highest BCUT2D eigenvalue weighted by atomic mass is 35.5. The van der Waals surface area contributed by atoms with Gasteiger partial charge in [0.1, 0.15) is 16.5 Å². The summed E-state index contributed by atoms with van der Waals surface area (Å²) in [6.07, 6.45) is 1.24. The summed E-state index contributed by atoms with van der Waals surface area (Å²) in [5.41, 5.74) is 4.54. The molecule has 4 rings (SSSR count). The Hall–Kier alpha value is -3.13.